The average molecular weight is 254 g/mol. The Labute approximate surface area is 112 Å². The van der Waals surface area contributed by atoms with E-state index < -0.39 is 0 Å². The fourth-order valence-corrected chi connectivity index (χ4v) is 3.03. The molecular formula is C15H30N2O. The van der Waals surface area contributed by atoms with Gasteiger partial charge in [-0.2, -0.15) is 0 Å². The first kappa shape index (κ1) is 15.5. The van der Waals surface area contributed by atoms with E-state index in [-0.39, 0.29) is 11.3 Å². The number of hydrogen-bond acceptors (Lipinski definition) is 2. The summed E-state index contributed by atoms with van der Waals surface area (Å²) in [5.74, 6) is 1.81. The van der Waals surface area contributed by atoms with E-state index in [1.54, 1.807) is 0 Å². The number of amides is 1. The Balaban J connectivity index is 2.64. The van der Waals surface area contributed by atoms with Crippen LogP contribution in [0, 0.1) is 17.3 Å². The summed E-state index contributed by atoms with van der Waals surface area (Å²) in [7, 11) is 0. The zero-order valence-electron chi connectivity index (χ0n) is 12.5. The molecule has 18 heavy (non-hydrogen) atoms. The van der Waals surface area contributed by atoms with Crippen LogP contribution in [0.25, 0.3) is 0 Å². The zero-order valence-corrected chi connectivity index (χ0v) is 12.5. The Bertz CT molecular complexity index is 255. The number of piperidine rings is 1. The van der Waals surface area contributed by atoms with Crippen LogP contribution in [-0.2, 0) is 4.79 Å². The van der Waals surface area contributed by atoms with Gasteiger partial charge in [0.05, 0.1) is 5.41 Å². The molecule has 0 aromatic carbocycles. The van der Waals surface area contributed by atoms with Crippen LogP contribution in [0.3, 0.4) is 0 Å². The van der Waals surface area contributed by atoms with Crippen molar-refractivity contribution >= 4 is 5.91 Å². The molecule has 1 aliphatic heterocycles. The van der Waals surface area contributed by atoms with Gasteiger partial charge in [-0.15, -0.1) is 0 Å². The van der Waals surface area contributed by atoms with E-state index in [2.05, 4.69) is 32.6 Å². The van der Waals surface area contributed by atoms with Gasteiger partial charge in [0.15, 0.2) is 0 Å². The maximum absolute atomic E-state index is 12.6. The van der Waals surface area contributed by atoms with Crippen LogP contribution in [0.5, 0.6) is 0 Å². The molecule has 0 aromatic rings. The van der Waals surface area contributed by atoms with Crippen molar-refractivity contribution in [2.24, 2.45) is 23.0 Å². The molecule has 106 valence electrons. The van der Waals surface area contributed by atoms with E-state index in [0.29, 0.717) is 6.54 Å². The summed E-state index contributed by atoms with van der Waals surface area (Å²) in [5, 5.41) is 0. The maximum Gasteiger partial charge on any atom is 0.230 e. The van der Waals surface area contributed by atoms with Crippen LogP contribution in [0.1, 0.15) is 53.4 Å². The van der Waals surface area contributed by atoms with Crippen LogP contribution in [0.2, 0.25) is 0 Å². The molecular weight excluding hydrogens is 224 g/mol. The summed E-state index contributed by atoms with van der Waals surface area (Å²) in [6, 6.07) is 0. The van der Waals surface area contributed by atoms with E-state index in [0.717, 1.165) is 50.6 Å². The number of rotatable bonds is 5. The molecule has 0 saturated carbocycles. The summed E-state index contributed by atoms with van der Waals surface area (Å²) in [6.45, 7) is 11.0. The lowest BCUT2D eigenvalue weighted by molar-refractivity contribution is -0.143. The topological polar surface area (TPSA) is 46.3 Å². The summed E-state index contributed by atoms with van der Waals surface area (Å²) in [6.07, 6.45) is 4.00. The molecule has 0 spiro atoms. The molecule has 0 aromatic heterocycles. The van der Waals surface area contributed by atoms with Crippen LogP contribution in [0.4, 0.5) is 0 Å². The Morgan fingerprint density at radius 2 is 1.78 bits per heavy atom. The molecule has 0 radical (unpaired) electrons. The lowest BCUT2D eigenvalue weighted by Crippen LogP contribution is -2.50. The second-order valence-corrected chi connectivity index (χ2v) is 6.07. The molecule has 0 bridgehead atoms. The number of carbonyl (C=O) groups excluding carboxylic acids is 1. The summed E-state index contributed by atoms with van der Waals surface area (Å²) < 4.78 is 0. The van der Waals surface area contributed by atoms with E-state index in [1.807, 2.05) is 0 Å². The van der Waals surface area contributed by atoms with Gasteiger partial charge in [-0.25, -0.2) is 0 Å². The van der Waals surface area contributed by atoms with Crippen molar-refractivity contribution in [3.05, 3.63) is 0 Å². The van der Waals surface area contributed by atoms with Gasteiger partial charge in [-0.3, -0.25) is 4.79 Å². The lowest BCUT2D eigenvalue weighted by Gasteiger charge is -2.40. The second-order valence-electron chi connectivity index (χ2n) is 6.07. The molecule has 1 amide bonds. The summed E-state index contributed by atoms with van der Waals surface area (Å²) >= 11 is 0. The fraction of sp³-hybridized carbons (Fsp3) is 0.933. The van der Waals surface area contributed by atoms with Gasteiger partial charge in [0, 0.05) is 19.6 Å². The molecule has 3 heteroatoms. The SMILES string of the molecule is CCC(CC)(CN)C(=O)N1CCC(C(C)C)CC1. The zero-order chi connectivity index (χ0) is 13.8. The highest BCUT2D eigenvalue weighted by Gasteiger charge is 2.38. The van der Waals surface area contributed by atoms with Gasteiger partial charge in [-0.1, -0.05) is 27.7 Å². The minimum absolute atomic E-state index is 0.289. The molecule has 0 aliphatic carbocycles. The molecule has 3 nitrogen and oxygen atoms in total. The molecule has 1 aliphatic rings. The Kier molecular flexibility index (Phi) is 5.64. The van der Waals surface area contributed by atoms with E-state index >= 15 is 0 Å². The normalized spacial score (nSPS) is 18.4. The minimum Gasteiger partial charge on any atom is -0.342 e. The van der Waals surface area contributed by atoms with Crippen molar-refractivity contribution in [1.29, 1.82) is 0 Å². The van der Waals surface area contributed by atoms with Crippen molar-refractivity contribution in [3.63, 3.8) is 0 Å². The Morgan fingerprint density at radius 1 is 1.28 bits per heavy atom. The third-order valence-corrected chi connectivity index (χ3v) is 4.97. The van der Waals surface area contributed by atoms with Gasteiger partial charge in [-0.05, 0) is 37.5 Å². The smallest absolute Gasteiger partial charge is 0.230 e. The van der Waals surface area contributed by atoms with E-state index in [1.165, 1.54) is 0 Å². The first-order valence-corrected chi connectivity index (χ1v) is 7.50. The Hall–Kier alpha value is -0.570. The average Bonchev–Trinajstić information content (AvgIpc) is 2.41. The van der Waals surface area contributed by atoms with Gasteiger partial charge in [0.1, 0.15) is 0 Å². The van der Waals surface area contributed by atoms with Crippen molar-refractivity contribution in [3.8, 4) is 0 Å². The van der Waals surface area contributed by atoms with Crippen LogP contribution in [-0.4, -0.2) is 30.4 Å². The number of likely N-dealkylation sites (tertiary alicyclic amines) is 1. The first-order valence-electron chi connectivity index (χ1n) is 7.50. The second kappa shape index (κ2) is 6.55. The molecule has 1 rings (SSSR count). The highest BCUT2D eigenvalue weighted by atomic mass is 16.2. The monoisotopic (exact) mass is 254 g/mol. The quantitative estimate of drug-likeness (QED) is 0.820. The molecule has 0 atom stereocenters. The third kappa shape index (κ3) is 3.05. The highest BCUT2D eigenvalue weighted by molar-refractivity contribution is 5.83. The van der Waals surface area contributed by atoms with Crippen molar-refractivity contribution in [1.82, 2.24) is 4.90 Å². The minimum atomic E-state index is -0.315. The van der Waals surface area contributed by atoms with Gasteiger partial charge < -0.3 is 10.6 Å². The molecule has 1 heterocycles. The number of nitrogens with zero attached hydrogens (tertiary/aromatic N) is 1. The summed E-state index contributed by atoms with van der Waals surface area (Å²) in [5.41, 5.74) is 5.55. The number of hydrogen-bond donors (Lipinski definition) is 1. The standard InChI is InChI=1S/C15H30N2O/c1-5-15(6-2,11-16)14(18)17-9-7-13(8-10-17)12(3)4/h12-13H,5-11,16H2,1-4H3. The fourth-order valence-electron chi connectivity index (χ4n) is 3.03. The third-order valence-electron chi connectivity index (χ3n) is 4.97. The maximum atomic E-state index is 12.6. The van der Waals surface area contributed by atoms with Crippen LogP contribution >= 0.6 is 0 Å². The Morgan fingerprint density at radius 3 is 2.11 bits per heavy atom. The largest absolute Gasteiger partial charge is 0.342 e. The highest BCUT2D eigenvalue weighted by Crippen LogP contribution is 2.31. The van der Waals surface area contributed by atoms with E-state index in [9.17, 15) is 4.79 Å². The molecule has 2 N–H and O–H groups in total. The van der Waals surface area contributed by atoms with Crippen molar-refractivity contribution < 1.29 is 4.79 Å². The predicted octanol–water partition coefficient (Wildman–Crippen LogP) is 2.65. The van der Waals surface area contributed by atoms with Crippen LogP contribution < -0.4 is 5.73 Å². The van der Waals surface area contributed by atoms with Crippen molar-refractivity contribution in [2.45, 2.75) is 53.4 Å². The van der Waals surface area contributed by atoms with E-state index in [4.69, 9.17) is 5.73 Å². The molecule has 1 fully saturated rings. The van der Waals surface area contributed by atoms with Gasteiger partial charge in [0.25, 0.3) is 0 Å². The molecule has 0 unspecified atom stereocenters. The van der Waals surface area contributed by atoms with Crippen molar-refractivity contribution in [2.75, 3.05) is 19.6 Å². The number of nitrogens with two attached hydrogens (primary N) is 1. The van der Waals surface area contributed by atoms with Crippen LogP contribution in [0.15, 0.2) is 0 Å². The van der Waals surface area contributed by atoms with Gasteiger partial charge in [0.2, 0.25) is 5.91 Å². The lowest BCUT2D eigenvalue weighted by atomic mass is 9.79. The van der Waals surface area contributed by atoms with Gasteiger partial charge >= 0.3 is 0 Å². The predicted molar refractivity (Wildman–Crippen MR) is 76.2 cm³/mol. The first-order chi connectivity index (χ1) is 8.50. The number of carbonyl (C=O) groups is 1. The summed E-state index contributed by atoms with van der Waals surface area (Å²) in [4.78, 5) is 14.7. The molecule has 1 saturated heterocycles.